The van der Waals surface area contributed by atoms with Crippen molar-refractivity contribution < 1.29 is 0 Å². The lowest BCUT2D eigenvalue weighted by molar-refractivity contribution is 0.255. The van der Waals surface area contributed by atoms with Gasteiger partial charge in [-0.3, -0.25) is 4.79 Å². The Balaban J connectivity index is 2.00. The SMILES string of the molecule is CCn1ccnc(NCC2CCCCC2CN)c1=O. The van der Waals surface area contributed by atoms with Crippen molar-refractivity contribution in [2.45, 2.75) is 39.2 Å². The number of aryl methyl sites for hydroxylation is 1. The van der Waals surface area contributed by atoms with E-state index in [2.05, 4.69) is 10.3 Å². The smallest absolute Gasteiger partial charge is 0.293 e. The molecule has 1 aromatic heterocycles. The fourth-order valence-corrected chi connectivity index (χ4v) is 2.91. The van der Waals surface area contributed by atoms with Gasteiger partial charge in [0.1, 0.15) is 0 Å². The van der Waals surface area contributed by atoms with Crippen molar-refractivity contribution in [2.24, 2.45) is 17.6 Å². The molecule has 0 amide bonds. The molecule has 2 unspecified atom stereocenters. The maximum absolute atomic E-state index is 12.0. The second-order valence-corrected chi connectivity index (χ2v) is 5.29. The van der Waals surface area contributed by atoms with Crippen LogP contribution in [0, 0.1) is 11.8 Å². The quantitative estimate of drug-likeness (QED) is 0.844. The van der Waals surface area contributed by atoms with Gasteiger partial charge in [-0.2, -0.15) is 0 Å². The third kappa shape index (κ3) is 3.35. The Bertz CT molecular complexity index is 457. The number of rotatable bonds is 5. The zero-order valence-corrected chi connectivity index (χ0v) is 11.6. The van der Waals surface area contributed by atoms with Crippen LogP contribution in [0.15, 0.2) is 17.2 Å². The molecular weight excluding hydrogens is 240 g/mol. The molecule has 0 saturated heterocycles. The summed E-state index contributed by atoms with van der Waals surface area (Å²) in [7, 11) is 0. The lowest BCUT2D eigenvalue weighted by atomic mass is 9.79. The zero-order chi connectivity index (χ0) is 13.7. The average molecular weight is 264 g/mol. The minimum Gasteiger partial charge on any atom is -0.365 e. The van der Waals surface area contributed by atoms with Crippen LogP contribution in [0.1, 0.15) is 32.6 Å². The average Bonchev–Trinajstić information content (AvgIpc) is 2.46. The topological polar surface area (TPSA) is 72.9 Å². The molecule has 0 aromatic carbocycles. The molecule has 1 fully saturated rings. The number of nitrogens with one attached hydrogen (secondary N) is 1. The molecule has 2 atom stereocenters. The molecule has 1 aliphatic rings. The highest BCUT2D eigenvalue weighted by atomic mass is 16.1. The van der Waals surface area contributed by atoms with Crippen molar-refractivity contribution in [1.82, 2.24) is 9.55 Å². The largest absolute Gasteiger partial charge is 0.365 e. The van der Waals surface area contributed by atoms with Gasteiger partial charge in [0.25, 0.3) is 5.56 Å². The van der Waals surface area contributed by atoms with E-state index in [4.69, 9.17) is 5.73 Å². The predicted molar refractivity (Wildman–Crippen MR) is 77.2 cm³/mol. The van der Waals surface area contributed by atoms with Crippen LogP contribution in [0.3, 0.4) is 0 Å². The third-order valence-corrected chi connectivity index (χ3v) is 4.16. The van der Waals surface area contributed by atoms with Gasteiger partial charge in [-0.05, 0) is 38.1 Å². The Morgan fingerprint density at radius 2 is 2.16 bits per heavy atom. The molecule has 1 heterocycles. The minimum absolute atomic E-state index is 0.0369. The number of hydrogen-bond donors (Lipinski definition) is 2. The van der Waals surface area contributed by atoms with Crippen molar-refractivity contribution in [3.05, 3.63) is 22.7 Å². The summed E-state index contributed by atoms with van der Waals surface area (Å²) in [6.45, 7) is 4.17. The van der Waals surface area contributed by atoms with E-state index in [1.165, 1.54) is 25.7 Å². The van der Waals surface area contributed by atoms with Gasteiger partial charge in [0, 0.05) is 25.5 Å². The highest BCUT2D eigenvalue weighted by Crippen LogP contribution is 2.29. The Morgan fingerprint density at radius 3 is 2.84 bits per heavy atom. The molecule has 3 N–H and O–H groups in total. The summed E-state index contributed by atoms with van der Waals surface area (Å²) in [5.41, 5.74) is 5.79. The van der Waals surface area contributed by atoms with Crippen LogP contribution in [0.25, 0.3) is 0 Å². The number of nitrogens with two attached hydrogens (primary N) is 1. The van der Waals surface area contributed by atoms with Gasteiger partial charge in [-0.15, -0.1) is 0 Å². The molecule has 2 rings (SSSR count). The van der Waals surface area contributed by atoms with E-state index in [0.717, 1.165) is 13.1 Å². The summed E-state index contributed by atoms with van der Waals surface area (Å²) in [5, 5.41) is 3.22. The van der Waals surface area contributed by atoms with Gasteiger partial charge in [0.15, 0.2) is 5.82 Å². The van der Waals surface area contributed by atoms with Crippen molar-refractivity contribution in [2.75, 3.05) is 18.4 Å². The van der Waals surface area contributed by atoms with Crippen molar-refractivity contribution in [3.8, 4) is 0 Å². The first-order valence-electron chi connectivity index (χ1n) is 7.25. The lowest BCUT2D eigenvalue weighted by Gasteiger charge is -2.30. The second kappa shape index (κ2) is 6.70. The fraction of sp³-hybridized carbons (Fsp3) is 0.714. The summed E-state index contributed by atoms with van der Waals surface area (Å²) in [6, 6.07) is 0. The van der Waals surface area contributed by atoms with Gasteiger partial charge in [0.2, 0.25) is 0 Å². The van der Waals surface area contributed by atoms with Crippen LogP contribution in [0.2, 0.25) is 0 Å². The first kappa shape index (κ1) is 14.1. The maximum Gasteiger partial charge on any atom is 0.293 e. The Labute approximate surface area is 114 Å². The first-order valence-corrected chi connectivity index (χ1v) is 7.25. The molecule has 5 heteroatoms. The van der Waals surface area contributed by atoms with E-state index in [-0.39, 0.29) is 5.56 Å². The predicted octanol–water partition coefficient (Wildman–Crippen LogP) is 1.44. The monoisotopic (exact) mass is 264 g/mol. The standard InChI is InChI=1S/C14H24N4O/c1-2-18-8-7-16-13(14(18)19)17-10-12-6-4-3-5-11(12)9-15/h7-8,11-12H,2-6,9-10,15H2,1H3,(H,16,17). The van der Waals surface area contributed by atoms with Gasteiger partial charge in [0.05, 0.1) is 0 Å². The molecule has 0 aliphatic heterocycles. The third-order valence-electron chi connectivity index (χ3n) is 4.16. The number of hydrogen-bond acceptors (Lipinski definition) is 4. The van der Waals surface area contributed by atoms with Crippen molar-refractivity contribution in [1.29, 1.82) is 0 Å². The summed E-state index contributed by atoms with van der Waals surface area (Å²) < 4.78 is 1.66. The van der Waals surface area contributed by atoms with Gasteiger partial charge >= 0.3 is 0 Å². The normalized spacial score (nSPS) is 23.3. The van der Waals surface area contributed by atoms with E-state index < -0.39 is 0 Å². The Kier molecular flexibility index (Phi) is 4.96. The van der Waals surface area contributed by atoms with Crippen LogP contribution in [0.4, 0.5) is 5.82 Å². The minimum atomic E-state index is -0.0369. The first-order chi connectivity index (χ1) is 9.26. The van der Waals surface area contributed by atoms with Gasteiger partial charge in [-0.1, -0.05) is 12.8 Å². The van der Waals surface area contributed by atoms with E-state index in [1.54, 1.807) is 17.0 Å². The van der Waals surface area contributed by atoms with E-state index in [9.17, 15) is 4.79 Å². The number of nitrogens with zero attached hydrogens (tertiary/aromatic N) is 2. The fourth-order valence-electron chi connectivity index (χ4n) is 2.91. The highest BCUT2D eigenvalue weighted by Gasteiger charge is 2.23. The van der Waals surface area contributed by atoms with Crippen LogP contribution in [-0.4, -0.2) is 22.6 Å². The van der Waals surface area contributed by atoms with E-state index >= 15 is 0 Å². The molecule has 1 saturated carbocycles. The Hall–Kier alpha value is -1.36. The summed E-state index contributed by atoms with van der Waals surface area (Å²) in [6.07, 6.45) is 8.36. The molecule has 0 spiro atoms. The molecule has 5 nitrogen and oxygen atoms in total. The number of anilines is 1. The van der Waals surface area contributed by atoms with Gasteiger partial charge < -0.3 is 15.6 Å². The summed E-state index contributed by atoms with van der Waals surface area (Å²) in [5.74, 6) is 1.61. The summed E-state index contributed by atoms with van der Waals surface area (Å²) in [4.78, 5) is 16.2. The maximum atomic E-state index is 12.0. The molecule has 19 heavy (non-hydrogen) atoms. The number of aromatic nitrogens is 2. The van der Waals surface area contributed by atoms with E-state index in [1.807, 2.05) is 6.92 Å². The molecule has 1 aliphatic carbocycles. The molecule has 1 aromatic rings. The van der Waals surface area contributed by atoms with Crippen LogP contribution in [0.5, 0.6) is 0 Å². The molecule has 0 radical (unpaired) electrons. The van der Waals surface area contributed by atoms with Crippen LogP contribution < -0.4 is 16.6 Å². The van der Waals surface area contributed by atoms with Crippen molar-refractivity contribution in [3.63, 3.8) is 0 Å². The molecule has 0 bridgehead atoms. The molecular formula is C14H24N4O. The highest BCUT2D eigenvalue weighted by molar-refractivity contribution is 5.30. The molecule has 106 valence electrons. The van der Waals surface area contributed by atoms with Crippen molar-refractivity contribution >= 4 is 5.82 Å². The van der Waals surface area contributed by atoms with Crippen LogP contribution >= 0.6 is 0 Å². The van der Waals surface area contributed by atoms with E-state index in [0.29, 0.717) is 24.2 Å². The Morgan fingerprint density at radius 1 is 1.42 bits per heavy atom. The second-order valence-electron chi connectivity index (χ2n) is 5.29. The van der Waals surface area contributed by atoms with Gasteiger partial charge in [-0.25, -0.2) is 4.98 Å². The zero-order valence-electron chi connectivity index (χ0n) is 11.6. The summed E-state index contributed by atoms with van der Waals surface area (Å²) >= 11 is 0. The van der Waals surface area contributed by atoms with Crippen LogP contribution in [-0.2, 0) is 6.54 Å². The lowest BCUT2D eigenvalue weighted by Crippen LogP contribution is -2.33.